The maximum Gasteiger partial charge on any atom is 0.237 e. The first kappa shape index (κ1) is 20.4. The maximum atomic E-state index is 12.5. The van der Waals surface area contributed by atoms with Crippen molar-refractivity contribution in [2.24, 2.45) is 0 Å². The molecule has 3 rings (SSSR count). The molecular weight excluding hydrogens is 388 g/mol. The van der Waals surface area contributed by atoms with Crippen LogP contribution in [-0.4, -0.2) is 31.9 Å². The molecule has 150 valence electrons. The largest absolute Gasteiger partial charge is 0.335 e. The summed E-state index contributed by atoms with van der Waals surface area (Å²) in [6, 6.07) is 14.7. The predicted octanol–water partition coefficient (Wildman–Crippen LogP) is 3.05. The quantitative estimate of drug-likeness (QED) is 0.425. The third-order valence-corrected chi connectivity index (χ3v) is 5.23. The minimum atomic E-state index is -0.443. The third kappa shape index (κ3) is 4.94. The van der Waals surface area contributed by atoms with Crippen molar-refractivity contribution in [1.82, 2.24) is 14.9 Å². The fourth-order valence-electron chi connectivity index (χ4n) is 2.66. The van der Waals surface area contributed by atoms with Crippen LogP contribution < -0.4 is 16.5 Å². The van der Waals surface area contributed by atoms with Crippen molar-refractivity contribution in [1.29, 1.82) is 0 Å². The van der Waals surface area contributed by atoms with E-state index in [0.717, 1.165) is 11.1 Å². The summed E-state index contributed by atoms with van der Waals surface area (Å²) in [6.07, 6.45) is 0. The second kappa shape index (κ2) is 8.78. The van der Waals surface area contributed by atoms with Crippen molar-refractivity contribution < 1.29 is 9.59 Å². The van der Waals surface area contributed by atoms with Crippen LogP contribution in [0.15, 0.2) is 53.7 Å². The Morgan fingerprint density at radius 2 is 1.66 bits per heavy atom. The number of nitrogens with one attached hydrogen (secondary N) is 2. The average molecular weight is 411 g/mol. The van der Waals surface area contributed by atoms with Gasteiger partial charge in [0.2, 0.25) is 17.0 Å². The lowest BCUT2D eigenvalue weighted by Crippen LogP contribution is -2.23. The van der Waals surface area contributed by atoms with E-state index in [1.807, 2.05) is 31.2 Å². The first-order valence-corrected chi connectivity index (χ1v) is 9.85. The number of nitrogens with two attached hydrogens (primary N) is 1. The Balaban J connectivity index is 1.66. The molecule has 0 bridgehead atoms. The second-order valence-corrected chi connectivity index (χ2v) is 7.81. The summed E-state index contributed by atoms with van der Waals surface area (Å²) in [5.41, 5.74) is 3.23. The Bertz CT molecular complexity index is 1030. The van der Waals surface area contributed by atoms with E-state index in [4.69, 9.17) is 5.84 Å². The Morgan fingerprint density at radius 1 is 1.03 bits per heavy atom. The van der Waals surface area contributed by atoms with E-state index in [1.165, 1.54) is 23.4 Å². The van der Waals surface area contributed by atoms with Crippen LogP contribution in [0, 0.1) is 6.92 Å². The first-order valence-electron chi connectivity index (χ1n) is 8.97. The summed E-state index contributed by atoms with van der Waals surface area (Å²) >= 11 is 1.23. The van der Waals surface area contributed by atoms with E-state index in [0.29, 0.717) is 22.4 Å². The summed E-state index contributed by atoms with van der Waals surface area (Å²) in [6.45, 7) is 5.19. The molecule has 1 atom stereocenters. The lowest BCUT2D eigenvalue weighted by atomic mass is 10.1. The summed E-state index contributed by atoms with van der Waals surface area (Å²) in [5, 5.41) is 13.8. The van der Waals surface area contributed by atoms with Gasteiger partial charge in [0, 0.05) is 23.9 Å². The second-order valence-electron chi connectivity index (χ2n) is 6.50. The van der Waals surface area contributed by atoms with Gasteiger partial charge in [-0.2, -0.15) is 0 Å². The zero-order valence-corrected chi connectivity index (χ0v) is 17.2. The van der Waals surface area contributed by atoms with E-state index in [9.17, 15) is 9.59 Å². The molecule has 4 N–H and O–H groups in total. The standard InChI is InChI=1S/C20H22N6O2S/c1-12-6-4-5-7-17(12)18-24-25-20(26(18)21)29-13(2)19(28)23-16-10-8-15(9-11-16)22-14(3)27/h4-11,13H,21H2,1-3H3,(H,22,27)(H,23,28)/t13-/m0/s1. The van der Waals surface area contributed by atoms with Crippen molar-refractivity contribution in [3.63, 3.8) is 0 Å². The molecule has 0 saturated carbocycles. The molecule has 2 aromatic carbocycles. The number of nitrogens with zero attached hydrogens (tertiary/aromatic N) is 3. The molecule has 0 spiro atoms. The number of hydrogen-bond acceptors (Lipinski definition) is 6. The Kier molecular flexibility index (Phi) is 6.18. The fraction of sp³-hybridized carbons (Fsp3) is 0.200. The number of thioether (sulfide) groups is 1. The highest BCUT2D eigenvalue weighted by molar-refractivity contribution is 8.00. The summed E-state index contributed by atoms with van der Waals surface area (Å²) in [4.78, 5) is 23.6. The predicted molar refractivity (Wildman–Crippen MR) is 115 cm³/mol. The van der Waals surface area contributed by atoms with E-state index in [1.54, 1.807) is 31.2 Å². The summed E-state index contributed by atoms with van der Waals surface area (Å²) < 4.78 is 1.40. The van der Waals surface area contributed by atoms with Gasteiger partial charge in [-0.05, 0) is 43.7 Å². The highest BCUT2D eigenvalue weighted by Crippen LogP contribution is 2.27. The summed E-state index contributed by atoms with van der Waals surface area (Å²) in [7, 11) is 0. The number of carbonyl (C=O) groups is 2. The van der Waals surface area contributed by atoms with Gasteiger partial charge in [0.05, 0.1) is 5.25 Å². The molecule has 0 fully saturated rings. The van der Waals surface area contributed by atoms with Crippen LogP contribution in [0.1, 0.15) is 19.4 Å². The van der Waals surface area contributed by atoms with Gasteiger partial charge in [0.25, 0.3) is 0 Å². The topological polar surface area (TPSA) is 115 Å². The van der Waals surface area contributed by atoms with Gasteiger partial charge in [0.1, 0.15) is 0 Å². The van der Waals surface area contributed by atoms with Gasteiger partial charge in [-0.3, -0.25) is 9.59 Å². The zero-order valence-electron chi connectivity index (χ0n) is 16.3. The van der Waals surface area contributed by atoms with E-state index < -0.39 is 5.25 Å². The molecule has 1 aromatic heterocycles. The molecule has 8 nitrogen and oxygen atoms in total. The minimum absolute atomic E-state index is 0.150. The number of nitrogen functional groups attached to an aromatic ring is 1. The highest BCUT2D eigenvalue weighted by Gasteiger charge is 2.20. The molecule has 2 amide bonds. The van der Waals surface area contributed by atoms with E-state index in [2.05, 4.69) is 20.8 Å². The summed E-state index contributed by atoms with van der Waals surface area (Å²) in [5.74, 6) is 6.37. The van der Waals surface area contributed by atoms with Crippen LogP contribution in [-0.2, 0) is 9.59 Å². The van der Waals surface area contributed by atoms with Crippen LogP contribution in [0.4, 0.5) is 11.4 Å². The van der Waals surface area contributed by atoms with Gasteiger partial charge in [-0.1, -0.05) is 36.0 Å². The van der Waals surface area contributed by atoms with Crippen molar-refractivity contribution in [2.45, 2.75) is 31.2 Å². The van der Waals surface area contributed by atoms with Crippen molar-refractivity contribution >= 4 is 35.0 Å². The molecule has 0 aliphatic carbocycles. The van der Waals surface area contributed by atoms with Crippen LogP contribution >= 0.6 is 11.8 Å². The Hall–Kier alpha value is -3.33. The van der Waals surface area contributed by atoms with Crippen LogP contribution in [0.25, 0.3) is 11.4 Å². The lowest BCUT2D eigenvalue weighted by molar-refractivity contribution is -0.115. The Labute approximate surface area is 172 Å². The normalized spacial score (nSPS) is 11.7. The van der Waals surface area contributed by atoms with Crippen LogP contribution in [0.3, 0.4) is 0 Å². The molecule has 0 aliphatic heterocycles. The first-order chi connectivity index (χ1) is 13.8. The molecule has 1 heterocycles. The van der Waals surface area contributed by atoms with Crippen molar-refractivity contribution in [3.05, 3.63) is 54.1 Å². The van der Waals surface area contributed by atoms with Gasteiger partial charge in [-0.25, -0.2) is 4.68 Å². The SMILES string of the molecule is CC(=O)Nc1ccc(NC(=O)[C@H](C)Sc2nnc(-c3ccccc3C)n2N)cc1. The molecule has 0 aliphatic rings. The number of aryl methyl sites for hydroxylation is 1. The van der Waals surface area contributed by atoms with Crippen LogP contribution in [0.2, 0.25) is 0 Å². The van der Waals surface area contributed by atoms with Crippen molar-refractivity contribution in [2.75, 3.05) is 16.5 Å². The number of carbonyl (C=O) groups excluding carboxylic acids is 2. The smallest absolute Gasteiger partial charge is 0.237 e. The molecule has 3 aromatic rings. The number of benzene rings is 2. The monoisotopic (exact) mass is 410 g/mol. The molecule has 29 heavy (non-hydrogen) atoms. The fourth-order valence-corrected chi connectivity index (χ4v) is 3.43. The van der Waals surface area contributed by atoms with Gasteiger partial charge < -0.3 is 16.5 Å². The molecular formula is C20H22N6O2S. The molecule has 0 unspecified atom stereocenters. The number of amides is 2. The third-order valence-electron chi connectivity index (χ3n) is 4.17. The highest BCUT2D eigenvalue weighted by atomic mass is 32.2. The average Bonchev–Trinajstić information content (AvgIpc) is 3.03. The molecule has 9 heteroatoms. The number of rotatable bonds is 6. The lowest BCUT2D eigenvalue weighted by Gasteiger charge is -2.12. The Morgan fingerprint density at radius 3 is 2.28 bits per heavy atom. The van der Waals surface area contributed by atoms with E-state index in [-0.39, 0.29) is 11.8 Å². The van der Waals surface area contributed by atoms with Gasteiger partial charge in [-0.15, -0.1) is 10.2 Å². The van der Waals surface area contributed by atoms with Gasteiger partial charge in [0.15, 0.2) is 5.82 Å². The van der Waals surface area contributed by atoms with Gasteiger partial charge >= 0.3 is 0 Å². The van der Waals surface area contributed by atoms with Crippen LogP contribution in [0.5, 0.6) is 0 Å². The van der Waals surface area contributed by atoms with E-state index >= 15 is 0 Å². The zero-order chi connectivity index (χ0) is 21.0. The molecule has 0 radical (unpaired) electrons. The number of anilines is 2. The number of hydrogen-bond donors (Lipinski definition) is 3. The molecule has 0 saturated heterocycles. The number of aromatic nitrogens is 3. The van der Waals surface area contributed by atoms with Crippen molar-refractivity contribution in [3.8, 4) is 11.4 Å². The maximum absolute atomic E-state index is 12.5. The minimum Gasteiger partial charge on any atom is -0.335 e.